The van der Waals surface area contributed by atoms with Crippen LogP contribution in [0.4, 0.5) is 0 Å². The van der Waals surface area contributed by atoms with Gasteiger partial charge in [-0.05, 0) is 144 Å². The Balaban J connectivity index is 0.000000167. The Hall–Kier alpha value is -3.59. The Morgan fingerprint density at radius 2 is 0.812 bits per heavy atom. The molecule has 0 N–H and O–H groups in total. The van der Waals surface area contributed by atoms with E-state index in [9.17, 15) is 0 Å². The first kappa shape index (κ1) is 64.4. The number of aromatic nitrogens is 2. The number of hydrogen-bond acceptors (Lipinski definition) is 24. The van der Waals surface area contributed by atoms with Gasteiger partial charge in [-0.25, -0.2) is 9.13 Å². The zero-order valence-corrected chi connectivity index (χ0v) is 57.8. The van der Waals surface area contributed by atoms with E-state index >= 15 is 0 Å². The number of benzene rings is 4. The summed E-state index contributed by atoms with van der Waals surface area (Å²) < 4.78 is 49.9. The third kappa shape index (κ3) is 14.9. The summed E-state index contributed by atoms with van der Waals surface area (Å²) in [4.78, 5) is 5.46. The summed E-state index contributed by atoms with van der Waals surface area (Å²) in [5.74, 6) is 4.78. The lowest BCUT2D eigenvalue weighted by Gasteiger charge is -2.33. The minimum absolute atomic E-state index is 0. The number of thiocarbonyl (C=S) groups is 2. The van der Waals surface area contributed by atoms with Crippen LogP contribution >= 0.6 is 165 Å². The van der Waals surface area contributed by atoms with E-state index < -0.39 is 5.41 Å². The average molecular weight is 1410 g/mol. The molecule has 6 aromatic heterocycles. The molecule has 3 aliphatic rings. The molecule has 27 heteroatoms. The van der Waals surface area contributed by atoms with Gasteiger partial charge < -0.3 is 36.0 Å². The third-order valence-corrected chi connectivity index (χ3v) is 34.1. The summed E-state index contributed by atoms with van der Waals surface area (Å²) in [5, 5.41) is 1.40. The van der Waals surface area contributed by atoms with Crippen LogP contribution in [-0.4, -0.2) is 42.4 Å². The second-order valence-electron chi connectivity index (χ2n) is 20.1. The van der Waals surface area contributed by atoms with Gasteiger partial charge in [-0.3, -0.25) is 9.80 Å². The van der Waals surface area contributed by atoms with Gasteiger partial charge in [0.15, 0.2) is 21.5 Å². The zero-order chi connectivity index (χ0) is 58.5. The quantitative estimate of drug-likeness (QED) is 0.0955. The molecule has 13 rings (SSSR count). The van der Waals surface area contributed by atoms with Crippen molar-refractivity contribution in [2.24, 2.45) is 0 Å². The Morgan fingerprint density at radius 1 is 0.459 bits per heavy atom. The summed E-state index contributed by atoms with van der Waals surface area (Å²) in [5.41, 5.74) is 7.40. The van der Waals surface area contributed by atoms with Crippen molar-refractivity contribution < 1.29 is 36.0 Å². The molecule has 0 saturated carbocycles. The maximum absolute atomic E-state index is 6.04. The van der Waals surface area contributed by atoms with Crippen molar-refractivity contribution in [3.05, 3.63) is 222 Å². The largest absolute Gasteiger partial charge is 0.478 e. The molecular weight excluding hydrogens is 1360 g/mol. The van der Waals surface area contributed by atoms with Gasteiger partial charge in [0.05, 0.1) is 48.9 Å². The van der Waals surface area contributed by atoms with Gasteiger partial charge in [-0.1, -0.05) is 101 Å². The molecule has 0 unspecified atom stereocenters. The van der Waals surface area contributed by atoms with Gasteiger partial charge in [0.2, 0.25) is 0 Å². The SMILES string of the molecule is CC(C)(c1ccc2c(c1)CN(Cc1ccco1)CO2)c1ccc2c(c1)CN(Cc1ccco1)CO2.CC(C)(c1ccc2oc(=S)n(C(=S)c3ccco3)c(=S)c2c1)c1ccc2oc(=S)n(C(=S)c3ccco3)c(=S)c2c1.S.S1SSSSSSS1. The highest BCUT2D eigenvalue weighted by atomic mass is 34.1. The molecule has 0 bridgehead atoms. The van der Waals surface area contributed by atoms with E-state index in [0.29, 0.717) is 66.2 Å². The van der Waals surface area contributed by atoms with Gasteiger partial charge in [0, 0.05) is 114 Å². The minimum Gasteiger partial charge on any atom is -0.478 e. The standard InChI is InChI=1S/C29H18N2O4S6.C29H30N2O4.S8.H2S/c1-29(2,15-7-9-19-17(13-15)23(36)30(27(40)34-19)25(38)21-5-3-11-32-21)16-8-10-20-18(14-16)24(37)31(28(41)35-20)26(39)22-6-4-12-33-22;1-29(2,23-7-9-27-21(13-23)15-30(19-34-27)17-25-5-3-11-32-25)24-8-10-28-22(14-24)16-31(20-35-28)18-26-6-4-12-33-26;1-2-4-6-8-7-5-3-1;/h3-14H,1-2H3;3-14H,15-20H2,1-2H3;;1H2. The maximum Gasteiger partial charge on any atom is 0.275 e. The fourth-order valence-corrected chi connectivity index (χ4v) is 33.7. The molecule has 0 aliphatic carbocycles. The van der Waals surface area contributed by atoms with Crippen molar-refractivity contribution in [1.29, 1.82) is 0 Å². The first-order valence-electron chi connectivity index (χ1n) is 25.5. The smallest absolute Gasteiger partial charge is 0.275 e. The highest BCUT2D eigenvalue weighted by molar-refractivity contribution is 9.60. The maximum atomic E-state index is 6.04. The summed E-state index contributed by atoms with van der Waals surface area (Å²) >= 11 is 33.9. The third-order valence-electron chi connectivity index (χ3n) is 14.2. The fraction of sp³-hybridized carbons (Fsp3) is 0.207. The number of hydrogen-bond donors (Lipinski definition) is 0. The molecule has 0 radical (unpaired) electrons. The molecular formula is C58H50N4O8S15. The number of furan rings is 4. The van der Waals surface area contributed by atoms with E-state index in [0.717, 1.165) is 60.3 Å². The Kier molecular flexibility index (Phi) is 21.9. The first-order valence-corrected chi connectivity index (χ1v) is 38.7. The summed E-state index contributed by atoms with van der Waals surface area (Å²) in [6, 6.07) is 39.8. The van der Waals surface area contributed by atoms with Crippen LogP contribution in [0, 0.1) is 19.0 Å². The van der Waals surface area contributed by atoms with E-state index in [2.05, 4.69) is 73.9 Å². The monoisotopic (exact) mass is 1410 g/mol. The molecule has 10 aromatic rings. The number of nitrogens with zero attached hydrogens (tertiary/aromatic N) is 4. The van der Waals surface area contributed by atoms with Crippen molar-refractivity contribution in [2.75, 3.05) is 13.5 Å². The molecule has 1 saturated heterocycles. The highest BCUT2D eigenvalue weighted by Gasteiger charge is 2.30. The van der Waals surface area contributed by atoms with Gasteiger partial charge in [0.25, 0.3) is 9.67 Å². The van der Waals surface area contributed by atoms with E-state index in [-0.39, 0.29) is 28.6 Å². The van der Waals surface area contributed by atoms with E-state index in [1.807, 2.05) is 139 Å². The molecule has 85 heavy (non-hydrogen) atoms. The van der Waals surface area contributed by atoms with Crippen LogP contribution < -0.4 is 9.47 Å². The van der Waals surface area contributed by atoms with Crippen LogP contribution in [0.5, 0.6) is 11.5 Å². The summed E-state index contributed by atoms with van der Waals surface area (Å²) in [6.45, 7) is 13.1. The molecule has 1 fully saturated rings. The van der Waals surface area contributed by atoms with Crippen LogP contribution in [0.25, 0.3) is 21.9 Å². The minimum atomic E-state index is -0.482. The number of fused-ring (bicyclic) bond motifs is 4. The number of rotatable bonds is 10. The second-order valence-corrected chi connectivity index (χ2v) is 36.5. The van der Waals surface area contributed by atoms with E-state index in [4.69, 9.17) is 109 Å². The Morgan fingerprint density at radius 3 is 1.16 bits per heavy atom. The highest BCUT2D eigenvalue weighted by Crippen LogP contribution is 2.66. The van der Waals surface area contributed by atoms with Crippen LogP contribution in [0.1, 0.15) is 84.1 Å². The Bertz CT molecular complexity index is 3950. The molecule has 0 amide bonds. The zero-order valence-electron chi connectivity index (χ0n) is 45.4. The first-order chi connectivity index (χ1) is 40.6. The van der Waals surface area contributed by atoms with Crippen LogP contribution in [0.3, 0.4) is 0 Å². The van der Waals surface area contributed by atoms with Crippen molar-refractivity contribution in [1.82, 2.24) is 18.9 Å². The molecule has 440 valence electrons. The second kappa shape index (κ2) is 28.9. The molecule has 9 heterocycles. The molecule has 4 aromatic carbocycles. The molecule has 0 atom stereocenters. The van der Waals surface area contributed by atoms with Crippen LogP contribution in [0.15, 0.2) is 173 Å². The predicted molar refractivity (Wildman–Crippen MR) is 379 cm³/mol. The summed E-state index contributed by atoms with van der Waals surface area (Å²) in [6.07, 6.45) is 6.52. The molecule has 12 nitrogen and oxygen atoms in total. The average Bonchev–Trinajstić information content (AvgIpc) is 1.60. The summed E-state index contributed by atoms with van der Waals surface area (Å²) in [7, 11) is 14.7. The van der Waals surface area contributed by atoms with Gasteiger partial charge >= 0.3 is 0 Å². The Labute approximate surface area is 557 Å². The van der Waals surface area contributed by atoms with Crippen molar-refractivity contribution in [3.63, 3.8) is 0 Å². The van der Waals surface area contributed by atoms with Gasteiger partial charge in [-0.15, -0.1) is 0 Å². The van der Waals surface area contributed by atoms with Crippen molar-refractivity contribution in [3.8, 4) is 11.5 Å². The van der Waals surface area contributed by atoms with E-state index in [1.54, 1.807) is 49.3 Å². The fourth-order valence-electron chi connectivity index (χ4n) is 9.64. The molecule has 0 spiro atoms. The van der Waals surface area contributed by atoms with Gasteiger partial charge in [-0.2, -0.15) is 13.5 Å². The van der Waals surface area contributed by atoms with Crippen LogP contribution in [-0.2, 0) is 37.0 Å². The molecule has 3 aliphatic heterocycles. The van der Waals surface area contributed by atoms with Crippen LogP contribution in [0.2, 0.25) is 0 Å². The van der Waals surface area contributed by atoms with Crippen molar-refractivity contribution >= 4 is 197 Å². The normalized spacial score (nSPS) is 14.6. The topological polar surface area (TPSA) is 114 Å². The van der Waals surface area contributed by atoms with Gasteiger partial charge in [0.1, 0.15) is 56.9 Å². The lowest BCUT2D eigenvalue weighted by Crippen LogP contribution is -2.32. The predicted octanol–water partition coefficient (Wildman–Crippen LogP) is 20.9. The lowest BCUT2D eigenvalue weighted by atomic mass is 9.77. The lowest BCUT2D eigenvalue weighted by molar-refractivity contribution is 0.0821. The van der Waals surface area contributed by atoms with Crippen molar-refractivity contribution in [2.45, 2.75) is 64.7 Å². The number of ether oxygens (including phenoxy) is 2. The van der Waals surface area contributed by atoms with E-state index in [1.165, 1.54) is 31.4 Å².